The lowest BCUT2D eigenvalue weighted by atomic mass is 9.82. The van der Waals surface area contributed by atoms with Gasteiger partial charge in [-0.3, -0.25) is 4.79 Å². The predicted octanol–water partition coefficient (Wildman–Crippen LogP) is 2.08. The van der Waals surface area contributed by atoms with Crippen molar-refractivity contribution in [2.45, 2.75) is 25.8 Å². The quantitative estimate of drug-likeness (QED) is 0.777. The van der Waals surface area contributed by atoms with Gasteiger partial charge >= 0.3 is 0 Å². The van der Waals surface area contributed by atoms with Crippen molar-refractivity contribution >= 4 is 11.6 Å². The Bertz CT molecular complexity index is 456. The average Bonchev–Trinajstić information content (AvgIpc) is 2.21. The molecule has 1 amide bonds. The lowest BCUT2D eigenvalue weighted by Gasteiger charge is -2.33. The van der Waals surface area contributed by atoms with Crippen molar-refractivity contribution in [2.24, 2.45) is 5.92 Å². The average molecular weight is 240 g/mol. The first-order valence-electron chi connectivity index (χ1n) is 5.52. The van der Waals surface area contributed by atoms with Crippen molar-refractivity contribution < 1.29 is 13.6 Å². The maximum absolute atomic E-state index is 13.4. The van der Waals surface area contributed by atoms with E-state index in [0.29, 0.717) is 12.0 Å². The third-order valence-corrected chi connectivity index (χ3v) is 3.04. The van der Waals surface area contributed by atoms with Crippen LogP contribution in [-0.4, -0.2) is 11.9 Å². The van der Waals surface area contributed by atoms with Crippen LogP contribution in [0.25, 0.3) is 0 Å². The minimum absolute atomic E-state index is 0.0863. The Labute approximate surface area is 98.0 Å². The second-order valence-electron chi connectivity index (χ2n) is 4.60. The van der Waals surface area contributed by atoms with Crippen LogP contribution in [0.1, 0.15) is 30.1 Å². The zero-order valence-electron chi connectivity index (χ0n) is 9.47. The minimum atomic E-state index is -0.887. The molecule has 1 aliphatic rings. The highest BCUT2D eigenvalue weighted by atomic mass is 19.1. The Kier molecular flexibility index (Phi) is 3.00. The standard InChI is InChI=1S/C12H14F2N2O/c1-6-2-7(3-6)16-12(17)8-4-11(15)10(14)5-9(8)13/h4-7H,2-3,15H2,1H3,(H,16,17). The summed E-state index contributed by atoms with van der Waals surface area (Å²) in [5.41, 5.74) is 4.88. The van der Waals surface area contributed by atoms with E-state index in [-0.39, 0.29) is 17.3 Å². The van der Waals surface area contributed by atoms with E-state index in [1.54, 1.807) is 0 Å². The third-order valence-electron chi connectivity index (χ3n) is 3.04. The number of benzene rings is 1. The van der Waals surface area contributed by atoms with Crippen LogP contribution in [0.2, 0.25) is 0 Å². The van der Waals surface area contributed by atoms with Gasteiger partial charge in [0.25, 0.3) is 5.91 Å². The molecule has 3 nitrogen and oxygen atoms in total. The molecule has 0 atom stereocenters. The van der Waals surface area contributed by atoms with E-state index in [1.807, 2.05) is 0 Å². The zero-order valence-corrected chi connectivity index (χ0v) is 9.47. The number of nitrogens with one attached hydrogen (secondary N) is 1. The van der Waals surface area contributed by atoms with Crippen LogP contribution in [0.4, 0.5) is 14.5 Å². The van der Waals surface area contributed by atoms with E-state index in [2.05, 4.69) is 12.2 Å². The smallest absolute Gasteiger partial charge is 0.254 e. The zero-order chi connectivity index (χ0) is 12.6. The first-order chi connectivity index (χ1) is 7.97. The van der Waals surface area contributed by atoms with Gasteiger partial charge in [-0.05, 0) is 24.8 Å². The summed E-state index contributed by atoms with van der Waals surface area (Å²) in [7, 11) is 0. The minimum Gasteiger partial charge on any atom is -0.396 e. The maximum Gasteiger partial charge on any atom is 0.254 e. The molecule has 17 heavy (non-hydrogen) atoms. The van der Waals surface area contributed by atoms with Crippen molar-refractivity contribution in [3.05, 3.63) is 29.3 Å². The number of hydrogen-bond donors (Lipinski definition) is 2. The van der Waals surface area contributed by atoms with E-state index < -0.39 is 17.5 Å². The fourth-order valence-electron chi connectivity index (χ4n) is 2.02. The molecule has 92 valence electrons. The molecule has 0 aliphatic heterocycles. The van der Waals surface area contributed by atoms with Crippen LogP contribution in [0.15, 0.2) is 12.1 Å². The second kappa shape index (κ2) is 4.31. The molecule has 0 spiro atoms. The first kappa shape index (κ1) is 11.8. The molecule has 0 aromatic heterocycles. The van der Waals surface area contributed by atoms with Crippen LogP contribution in [0.3, 0.4) is 0 Å². The van der Waals surface area contributed by atoms with Gasteiger partial charge in [-0.1, -0.05) is 6.92 Å². The number of amides is 1. The van der Waals surface area contributed by atoms with E-state index in [4.69, 9.17) is 5.73 Å². The summed E-state index contributed by atoms with van der Waals surface area (Å²) in [6.07, 6.45) is 1.79. The third kappa shape index (κ3) is 2.38. The highest BCUT2D eigenvalue weighted by Crippen LogP contribution is 2.27. The van der Waals surface area contributed by atoms with Gasteiger partial charge in [-0.25, -0.2) is 8.78 Å². The molecule has 2 rings (SSSR count). The molecular formula is C12H14F2N2O. The molecule has 0 bridgehead atoms. The number of nitrogen functional groups attached to an aromatic ring is 1. The number of hydrogen-bond acceptors (Lipinski definition) is 2. The Morgan fingerprint density at radius 1 is 1.35 bits per heavy atom. The SMILES string of the molecule is CC1CC(NC(=O)c2cc(N)c(F)cc2F)C1. The van der Waals surface area contributed by atoms with Gasteiger partial charge in [-0.15, -0.1) is 0 Å². The number of rotatable bonds is 2. The summed E-state index contributed by atoms with van der Waals surface area (Å²) >= 11 is 0. The summed E-state index contributed by atoms with van der Waals surface area (Å²) < 4.78 is 26.3. The van der Waals surface area contributed by atoms with Gasteiger partial charge < -0.3 is 11.1 Å². The lowest BCUT2D eigenvalue weighted by molar-refractivity contribution is 0.0892. The Morgan fingerprint density at radius 2 is 2.00 bits per heavy atom. The van der Waals surface area contributed by atoms with Gasteiger partial charge in [0, 0.05) is 12.1 Å². The molecular weight excluding hydrogens is 226 g/mol. The van der Waals surface area contributed by atoms with Crippen molar-refractivity contribution in [2.75, 3.05) is 5.73 Å². The van der Waals surface area contributed by atoms with Gasteiger partial charge in [0.2, 0.25) is 0 Å². The van der Waals surface area contributed by atoms with E-state index in [1.165, 1.54) is 0 Å². The molecule has 0 heterocycles. The number of nitrogens with two attached hydrogens (primary N) is 1. The summed E-state index contributed by atoms with van der Waals surface area (Å²) in [4.78, 5) is 11.7. The Morgan fingerprint density at radius 3 is 2.59 bits per heavy atom. The summed E-state index contributed by atoms with van der Waals surface area (Å²) in [6.45, 7) is 2.08. The van der Waals surface area contributed by atoms with Crippen LogP contribution < -0.4 is 11.1 Å². The Balaban J connectivity index is 2.11. The summed E-state index contributed by atoms with van der Waals surface area (Å²) in [5, 5.41) is 2.69. The van der Waals surface area contributed by atoms with E-state index in [0.717, 1.165) is 18.9 Å². The fourth-order valence-corrected chi connectivity index (χ4v) is 2.02. The topological polar surface area (TPSA) is 55.1 Å². The first-order valence-corrected chi connectivity index (χ1v) is 5.52. The number of carbonyl (C=O) groups is 1. The maximum atomic E-state index is 13.4. The van der Waals surface area contributed by atoms with Crippen molar-refractivity contribution in [3.8, 4) is 0 Å². The number of carbonyl (C=O) groups excluding carboxylic acids is 1. The monoisotopic (exact) mass is 240 g/mol. The van der Waals surface area contributed by atoms with Crippen LogP contribution in [0.5, 0.6) is 0 Å². The predicted molar refractivity (Wildman–Crippen MR) is 60.4 cm³/mol. The molecule has 0 unspecified atom stereocenters. The molecule has 1 aromatic carbocycles. The van der Waals surface area contributed by atoms with E-state index in [9.17, 15) is 13.6 Å². The molecule has 0 radical (unpaired) electrons. The Hall–Kier alpha value is -1.65. The van der Waals surface area contributed by atoms with Crippen molar-refractivity contribution in [1.29, 1.82) is 0 Å². The van der Waals surface area contributed by atoms with E-state index >= 15 is 0 Å². The van der Waals surface area contributed by atoms with Crippen molar-refractivity contribution in [3.63, 3.8) is 0 Å². The molecule has 1 aromatic rings. The number of halogens is 2. The highest BCUT2D eigenvalue weighted by Gasteiger charge is 2.27. The van der Waals surface area contributed by atoms with Crippen molar-refractivity contribution in [1.82, 2.24) is 5.32 Å². The molecule has 3 N–H and O–H groups in total. The highest BCUT2D eigenvalue weighted by molar-refractivity contribution is 5.95. The normalized spacial score (nSPS) is 23.0. The van der Waals surface area contributed by atoms with Crippen LogP contribution in [-0.2, 0) is 0 Å². The van der Waals surface area contributed by atoms with Gasteiger partial charge in [0.05, 0.1) is 11.3 Å². The molecule has 1 fully saturated rings. The fraction of sp³-hybridized carbons (Fsp3) is 0.417. The molecule has 1 aliphatic carbocycles. The summed E-state index contributed by atoms with van der Waals surface area (Å²) in [6, 6.07) is 1.75. The lowest BCUT2D eigenvalue weighted by Crippen LogP contribution is -2.43. The van der Waals surface area contributed by atoms with Crippen LogP contribution in [0, 0.1) is 17.6 Å². The summed E-state index contributed by atoms with van der Waals surface area (Å²) in [5.74, 6) is -1.69. The van der Waals surface area contributed by atoms with Gasteiger partial charge in [-0.2, -0.15) is 0 Å². The largest absolute Gasteiger partial charge is 0.396 e. The number of anilines is 1. The van der Waals surface area contributed by atoms with Gasteiger partial charge in [0.1, 0.15) is 11.6 Å². The molecule has 5 heteroatoms. The second-order valence-corrected chi connectivity index (χ2v) is 4.60. The van der Waals surface area contributed by atoms with Gasteiger partial charge in [0.15, 0.2) is 0 Å². The molecule has 0 saturated heterocycles. The van der Waals surface area contributed by atoms with Crippen LogP contribution >= 0.6 is 0 Å². The molecule has 1 saturated carbocycles.